The normalized spacial score (nSPS) is 14.0. The van der Waals surface area contributed by atoms with E-state index in [0.717, 1.165) is 30.2 Å². The first-order valence-corrected chi connectivity index (χ1v) is 7.63. The molecule has 7 nitrogen and oxygen atoms in total. The van der Waals surface area contributed by atoms with Crippen LogP contribution in [0, 0.1) is 6.92 Å². The van der Waals surface area contributed by atoms with Crippen molar-refractivity contribution in [3.63, 3.8) is 0 Å². The molecule has 0 bridgehead atoms. The molecule has 7 heteroatoms. The van der Waals surface area contributed by atoms with E-state index in [2.05, 4.69) is 31.2 Å². The lowest BCUT2D eigenvalue weighted by atomic mass is 10.2. The number of aryl methyl sites for hydroxylation is 1. The van der Waals surface area contributed by atoms with Gasteiger partial charge >= 0.3 is 5.97 Å². The minimum absolute atomic E-state index is 0.0633. The van der Waals surface area contributed by atoms with Crippen molar-refractivity contribution in [2.75, 3.05) is 23.3 Å². The van der Waals surface area contributed by atoms with Crippen LogP contribution in [0.1, 0.15) is 34.6 Å². The first kappa shape index (κ1) is 15.2. The van der Waals surface area contributed by atoms with Gasteiger partial charge in [0.1, 0.15) is 11.6 Å². The van der Waals surface area contributed by atoms with Crippen molar-refractivity contribution in [1.82, 2.24) is 15.0 Å². The molecular formula is C16H19N5O2. The Kier molecular flexibility index (Phi) is 4.36. The van der Waals surface area contributed by atoms with E-state index < -0.39 is 5.97 Å². The molecule has 2 aromatic rings. The fraction of sp³-hybridized carbons (Fsp3) is 0.375. The van der Waals surface area contributed by atoms with Gasteiger partial charge in [-0.1, -0.05) is 0 Å². The van der Waals surface area contributed by atoms with Gasteiger partial charge in [-0.15, -0.1) is 0 Å². The van der Waals surface area contributed by atoms with Crippen LogP contribution >= 0.6 is 0 Å². The Labute approximate surface area is 134 Å². The highest BCUT2D eigenvalue weighted by Crippen LogP contribution is 2.20. The Morgan fingerprint density at radius 3 is 2.70 bits per heavy atom. The maximum absolute atomic E-state index is 10.8. The van der Waals surface area contributed by atoms with Gasteiger partial charge < -0.3 is 15.3 Å². The summed E-state index contributed by atoms with van der Waals surface area (Å²) < 4.78 is 0. The van der Waals surface area contributed by atoms with Crippen LogP contribution < -0.4 is 10.2 Å². The maximum Gasteiger partial charge on any atom is 0.356 e. The number of hydrogen-bond donors (Lipinski definition) is 2. The Morgan fingerprint density at radius 1 is 1.26 bits per heavy atom. The highest BCUT2D eigenvalue weighted by atomic mass is 16.4. The number of nitrogens with one attached hydrogen (secondary N) is 1. The number of hydrogen-bond acceptors (Lipinski definition) is 6. The number of nitrogens with zero attached hydrogens (tertiary/aromatic N) is 4. The lowest BCUT2D eigenvalue weighted by Gasteiger charge is -2.18. The predicted octanol–water partition coefficient (Wildman–Crippen LogP) is 2.09. The van der Waals surface area contributed by atoms with Gasteiger partial charge in [0.25, 0.3) is 0 Å². The molecule has 2 N–H and O–H groups in total. The zero-order valence-electron chi connectivity index (χ0n) is 13.0. The van der Waals surface area contributed by atoms with E-state index in [1.165, 1.54) is 25.2 Å². The van der Waals surface area contributed by atoms with Crippen molar-refractivity contribution in [1.29, 1.82) is 0 Å². The third-order valence-electron chi connectivity index (χ3n) is 3.77. The molecule has 0 amide bonds. The van der Waals surface area contributed by atoms with Gasteiger partial charge in [0, 0.05) is 25.3 Å². The van der Waals surface area contributed by atoms with Crippen LogP contribution in [0.15, 0.2) is 24.5 Å². The molecule has 0 atom stereocenters. The molecule has 1 aliphatic rings. The maximum atomic E-state index is 10.8. The smallest absolute Gasteiger partial charge is 0.356 e. The van der Waals surface area contributed by atoms with Crippen LogP contribution in [0.2, 0.25) is 0 Å². The lowest BCUT2D eigenvalue weighted by Crippen LogP contribution is -2.19. The van der Waals surface area contributed by atoms with Crippen molar-refractivity contribution in [2.45, 2.75) is 26.3 Å². The molecule has 120 valence electrons. The standard InChI is InChI=1S/C16H19N5O2/c1-11-6-12(7-15(20-11)21-4-2-3-5-21)8-18-14-10-17-13(9-19-14)16(22)23/h6-7,9-10H,2-5,8H2,1H3,(H,18,19)(H,22,23). The van der Waals surface area contributed by atoms with Crippen molar-refractivity contribution < 1.29 is 9.90 Å². The third-order valence-corrected chi connectivity index (χ3v) is 3.77. The van der Waals surface area contributed by atoms with Crippen LogP contribution in [0.4, 0.5) is 11.6 Å². The van der Waals surface area contributed by atoms with Gasteiger partial charge in [-0.2, -0.15) is 0 Å². The molecule has 0 radical (unpaired) electrons. The van der Waals surface area contributed by atoms with Crippen LogP contribution in [-0.4, -0.2) is 39.1 Å². The highest BCUT2D eigenvalue weighted by Gasteiger charge is 2.14. The average Bonchev–Trinajstić information content (AvgIpc) is 3.07. The van der Waals surface area contributed by atoms with Gasteiger partial charge in [-0.25, -0.2) is 19.7 Å². The molecule has 0 aromatic carbocycles. The molecule has 0 saturated carbocycles. The van der Waals surface area contributed by atoms with Gasteiger partial charge in [0.05, 0.1) is 12.4 Å². The number of aromatic carboxylic acids is 1. The van der Waals surface area contributed by atoms with E-state index in [9.17, 15) is 4.79 Å². The number of carbonyl (C=O) groups is 1. The van der Waals surface area contributed by atoms with Gasteiger partial charge in [0.15, 0.2) is 5.69 Å². The highest BCUT2D eigenvalue weighted by molar-refractivity contribution is 5.84. The summed E-state index contributed by atoms with van der Waals surface area (Å²) in [5.41, 5.74) is 2.04. The summed E-state index contributed by atoms with van der Waals surface area (Å²) in [5.74, 6) is 0.489. The summed E-state index contributed by atoms with van der Waals surface area (Å²) in [7, 11) is 0. The summed E-state index contributed by atoms with van der Waals surface area (Å²) in [6.45, 7) is 4.70. The van der Waals surface area contributed by atoms with E-state index >= 15 is 0 Å². The van der Waals surface area contributed by atoms with E-state index in [1.807, 2.05) is 13.0 Å². The second kappa shape index (κ2) is 6.60. The molecule has 1 saturated heterocycles. The molecule has 0 unspecified atom stereocenters. The molecule has 0 aliphatic carbocycles. The van der Waals surface area contributed by atoms with Crippen LogP contribution in [0.25, 0.3) is 0 Å². The molecule has 0 spiro atoms. The van der Waals surface area contributed by atoms with Gasteiger partial charge in [-0.05, 0) is 37.5 Å². The Balaban J connectivity index is 1.68. The third kappa shape index (κ3) is 3.74. The zero-order chi connectivity index (χ0) is 16.2. The summed E-state index contributed by atoms with van der Waals surface area (Å²) in [6.07, 6.45) is 5.11. The molecule has 1 aliphatic heterocycles. The SMILES string of the molecule is Cc1cc(CNc2cnc(C(=O)O)cn2)cc(N2CCCC2)n1. The molecule has 3 heterocycles. The minimum atomic E-state index is -1.08. The quantitative estimate of drug-likeness (QED) is 0.873. The molecule has 3 rings (SSSR count). The van der Waals surface area contributed by atoms with E-state index in [0.29, 0.717) is 12.4 Å². The topological polar surface area (TPSA) is 91.2 Å². The average molecular weight is 313 g/mol. The molecular weight excluding hydrogens is 294 g/mol. The molecule has 2 aromatic heterocycles. The number of pyridine rings is 1. The fourth-order valence-electron chi connectivity index (χ4n) is 2.65. The largest absolute Gasteiger partial charge is 0.476 e. The van der Waals surface area contributed by atoms with Crippen molar-refractivity contribution in [2.24, 2.45) is 0 Å². The van der Waals surface area contributed by atoms with Crippen LogP contribution in [-0.2, 0) is 6.54 Å². The monoisotopic (exact) mass is 313 g/mol. The van der Waals surface area contributed by atoms with Gasteiger partial charge in [0.2, 0.25) is 0 Å². The Bertz CT molecular complexity index is 696. The number of anilines is 2. The van der Waals surface area contributed by atoms with E-state index in [1.54, 1.807) is 0 Å². The fourth-order valence-corrected chi connectivity index (χ4v) is 2.65. The Hall–Kier alpha value is -2.70. The number of carboxylic acids is 1. The summed E-state index contributed by atoms with van der Waals surface area (Å²) in [5, 5.41) is 12.0. The summed E-state index contributed by atoms with van der Waals surface area (Å²) >= 11 is 0. The Morgan fingerprint density at radius 2 is 2.04 bits per heavy atom. The summed E-state index contributed by atoms with van der Waals surface area (Å²) in [6, 6.07) is 4.12. The van der Waals surface area contributed by atoms with E-state index in [4.69, 9.17) is 5.11 Å². The molecule has 1 fully saturated rings. The zero-order valence-corrected chi connectivity index (χ0v) is 13.0. The van der Waals surface area contributed by atoms with Crippen molar-refractivity contribution in [3.05, 3.63) is 41.5 Å². The van der Waals surface area contributed by atoms with Crippen molar-refractivity contribution in [3.8, 4) is 0 Å². The number of carboxylic acid groups (broad SMARTS) is 1. The second-order valence-corrected chi connectivity index (χ2v) is 5.61. The summed E-state index contributed by atoms with van der Waals surface area (Å²) in [4.78, 5) is 25.6. The predicted molar refractivity (Wildman–Crippen MR) is 86.7 cm³/mol. The number of aromatic nitrogens is 3. The first-order chi connectivity index (χ1) is 11.1. The van der Waals surface area contributed by atoms with Crippen molar-refractivity contribution >= 4 is 17.6 Å². The molecule has 23 heavy (non-hydrogen) atoms. The van der Waals surface area contributed by atoms with Gasteiger partial charge in [-0.3, -0.25) is 0 Å². The van der Waals surface area contributed by atoms with E-state index in [-0.39, 0.29) is 5.69 Å². The minimum Gasteiger partial charge on any atom is -0.476 e. The van der Waals surface area contributed by atoms with Crippen LogP contribution in [0.5, 0.6) is 0 Å². The van der Waals surface area contributed by atoms with Crippen LogP contribution in [0.3, 0.4) is 0 Å². The lowest BCUT2D eigenvalue weighted by molar-refractivity contribution is 0.0690. The second-order valence-electron chi connectivity index (χ2n) is 5.61. The first-order valence-electron chi connectivity index (χ1n) is 7.63. The number of rotatable bonds is 5.